The minimum Gasteiger partial charge on any atom is -0.407 e. The van der Waals surface area contributed by atoms with Gasteiger partial charge in [0.1, 0.15) is 5.56 Å². The Morgan fingerprint density at radius 3 is 2.37 bits per heavy atom. The molecule has 0 fully saturated rings. The van der Waals surface area contributed by atoms with E-state index in [1.54, 1.807) is 27.7 Å². The molecule has 0 amide bonds. The number of sulfone groups is 1. The van der Waals surface area contributed by atoms with Crippen molar-refractivity contribution in [3.05, 3.63) is 39.5 Å². The van der Waals surface area contributed by atoms with Crippen LogP contribution >= 0.6 is 11.6 Å². The van der Waals surface area contributed by atoms with Crippen molar-refractivity contribution < 1.29 is 22.7 Å². The topological polar surface area (TPSA) is 95.3 Å². The van der Waals surface area contributed by atoms with Gasteiger partial charge >= 0.3 is 5.97 Å². The fourth-order valence-electron chi connectivity index (χ4n) is 2.87. The summed E-state index contributed by atoms with van der Waals surface area (Å²) in [5.41, 5.74) is 0.935. The summed E-state index contributed by atoms with van der Waals surface area (Å²) in [6.07, 6.45) is 2.55. The highest BCUT2D eigenvalue weighted by Gasteiger charge is 2.27. The molecular formula is C18H21ClN2O5S. The molecule has 27 heavy (non-hydrogen) atoms. The van der Waals surface area contributed by atoms with Crippen LogP contribution in [0.2, 0.25) is 5.02 Å². The number of nitrogens with zero attached hydrogens (tertiary/aromatic N) is 2. The molecule has 2 rings (SSSR count). The SMILES string of the molecule is CCC(=O)Oc1c(C(=O)c2cc(C)c(S(C)(=O)=O)c(C)c2Cl)cnn1CC. The summed E-state index contributed by atoms with van der Waals surface area (Å²) in [5, 5.41) is 4.12. The first-order chi connectivity index (χ1) is 12.5. The molecule has 0 aliphatic rings. The Hall–Kier alpha value is -2.19. The number of aromatic nitrogens is 2. The average molecular weight is 413 g/mol. The third kappa shape index (κ3) is 4.06. The largest absolute Gasteiger partial charge is 0.407 e. The maximum Gasteiger partial charge on any atom is 0.312 e. The number of carbonyl (C=O) groups excluding carboxylic acids is 2. The maximum atomic E-state index is 13.1. The molecule has 0 aliphatic heterocycles. The van der Waals surface area contributed by atoms with Gasteiger partial charge in [-0.15, -0.1) is 0 Å². The van der Waals surface area contributed by atoms with Gasteiger partial charge in [0, 0.05) is 24.8 Å². The number of rotatable bonds is 6. The number of esters is 1. The van der Waals surface area contributed by atoms with Gasteiger partial charge in [0.2, 0.25) is 11.7 Å². The van der Waals surface area contributed by atoms with Crippen molar-refractivity contribution in [3.63, 3.8) is 0 Å². The van der Waals surface area contributed by atoms with Crippen LogP contribution in [0.25, 0.3) is 0 Å². The third-order valence-electron chi connectivity index (χ3n) is 4.08. The Morgan fingerprint density at radius 2 is 1.85 bits per heavy atom. The fourth-order valence-corrected chi connectivity index (χ4v) is 4.46. The summed E-state index contributed by atoms with van der Waals surface area (Å²) in [7, 11) is -3.50. The summed E-state index contributed by atoms with van der Waals surface area (Å²) in [5.74, 6) is -0.942. The lowest BCUT2D eigenvalue weighted by Crippen LogP contribution is -2.14. The number of hydrogen-bond acceptors (Lipinski definition) is 6. The van der Waals surface area contributed by atoms with Crippen molar-refractivity contribution in [1.29, 1.82) is 0 Å². The molecule has 7 nitrogen and oxygen atoms in total. The lowest BCUT2D eigenvalue weighted by atomic mass is 10.0. The van der Waals surface area contributed by atoms with Crippen LogP contribution < -0.4 is 4.74 Å². The monoisotopic (exact) mass is 412 g/mol. The van der Waals surface area contributed by atoms with E-state index in [4.69, 9.17) is 16.3 Å². The molecule has 0 saturated carbocycles. The molecule has 0 bridgehead atoms. The molecule has 0 aliphatic carbocycles. The van der Waals surface area contributed by atoms with Gasteiger partial charge in [-0.2, -0.15) is 5.10 Å². The molecular weight excluding hydrogens is 392 g/mol. The summed E-state index contributed by atoms with van der Waals surface area (Å²) in [4.78, 5) is 24.9. The van der Waals surface area contributed by atoms with E-state index in [0.717, 1.165) is 6.26 Å². The minimum atomic E-state index is -3.50. The number of carbonyl (C=O) groups is 2. The van der Waals surface area contributed by atoms with Crippen LogP contribution in [-0.2, 0) is 21.2 Å². The standard InChI is InChI=1S/C18H21ClN2O5S/c1-6-14(22)26-18-13(9-20-21(18)7-2)16(23)12-8-10(3)17(27(5,24)25)11(4)15(12)19/h8-9H,6-7H2,1-5H3. The lowest BCUT2D eigenvalue weighted by Gasteiger charge is -2.14. The molecule has 0 N–H and O–H groups in total. The van der Waals surface area contributed by atoms with Crippen molar-refractivity contribution >= 4 is 33.2 Å². The molecule has 0 atom stereocenters. The Kier molecular flexibility index (Phi) is 6.11. The van der Waals surface area contributed by atoms with Gasteiger partial charge in [-0.05, 0) is 38.0 Å². The van der Waals surface area contributed by atoms with Crippen LogP contribution in [-0.4, -0.2) is 36.2 Å². The highest BCUT2D eigenvalue weighted by molar-refractivity contribution is 7.90. The second kappa shape index (κ2) is 7.82. The summed E-state index contributed by atoms with van der Waals surface area (Å²) >= 11 is 6.33. The first kappa shape index (κ1) is 21.1. The van der Waals surface area contributed by atoms with Crippen molar-refractivity contribution in [2.24, 2.45) is 0 Å². The Labute approximate surface area is 163 Å². The van der Waals surface area contributed by atoms with Crippen LogP contribution in [0.3, 0.4) is 0 Å². The van der Waals surface area contributed by atoms with E-state index in [-0.39, 0.29) is 33.3 Å². The molecule has 2 aromatic rings. The molecule has 1 aromatic heterocycles. The van der Waals surface area contributed by atoms with Crippen molar-refractivity contribution in [2.45, 2.75) is 45.6 Å². The van der Waals surface area contributed by atoms with Gasteiger partial charge < -0.3 is 4.74 Å². The van der Waals surface area contributed by atoms with Gasteiger partial charge in [0.25, 0.3) is 0 Å². The number of ether oxygens (including phenoxy) is 1. The fraction of sp³-hybridized carbons (Fsp3) is 0.389. The van der Waals surface area contributed by atoms with Gasteiger partial charge in [-0.25, -0.2) is 13.1 Å². The van der Waals surface area contributed by atoms with E-state index in [1.165, 1.54) is 16.9 Å². The van der Waals surface area contributed by atoms with Crippen molar-refractivity contribution in [1.82, 2.24) is 9.78 Å². The van der Waals surface area contributed by atoms with E-state index in [2.05, 4.69) is 5.10 Å². The van der Waals surface area contributed by atoms with E-state index in [0.29, 0.717) is 17.7 Å². The predicted octanol–water partition coefficient (Wildman–Crippen LogP) is 3.12. The zero-order valence-electron chi connectivity index (χ0n) is 15.8. The highest BCUT2D eigenvalue weighted by atomic mass is 35.5. The van der Waals surface area contributed by atoms with Gasteiger partial charge in [-0.3, -0.25) is 9.59 Å². The Morgan fingerprint density at radius 1 is 1.22 bits per heavy atom. The number of hydrogen-bond donors (Lipinski definition) is 0. The van der Waals surface area contributed by atoms with E-state index >= 15 is 0 Å². The average Bonchev–Trinajstić information content (AvgIpc) is 2.98. The van der Waals surface area contributed by atoms with Crippen LogP contribution in [0.15, 0.2) is 17.2 Å². The molecule has 1 aromatic carbocycles. The van der Waals surface area contributed by atoms with Crippen LogP contribution in [0.5, 0.6) is 5.88 Å². The van der Waals surface area contributed by atoms with Crippen LogP contribution in [0.1, 0.15) is 47.3 Å². The highest BCUT2D eigenvalue weighted by Crippen LogP contribution is 2.33. The van der Waals surface area contributed by atoms with Crippen LogP contribution in [0, 0.1) is 13.8 Å². The number of halogens is 1. The zero-order chi connectivity index (χ0) is 20.5. The second-order valence-corrected chi connectivity index (χ2v) is 8.45. The van der Waals surface area contributed by atoms with E-state index in [9.17, 15) is 18.0 Å². The molecule has 146 valence electrons. The predicted molar refractivity (Wildman–Crippen MR) is 101 cm³/mol. The zero-order valence-corrected chi connectivity index (χ0v) is 17.4. The lowest BCUT2D eigenvalue weighted by molar-refractivity contribution is -0.134. The van der Waals surface area contributed by atoms with Crippen molar-refractivity contribution in [2.75, 3.05) is 6.26 Å². The van der Waals surface area contributed by atoms with Gasteiger partial charge in [0.15, 0.2) is 9.84 Å². The molecule has 0 spiro atoms. The van der Waals surface area contributed by atoms with Gasteiger partial charge in [-0.1, -0.05) is 18.5 Å². The molecule has 1 heterocycles. The normalized spacial score (nSPS) is 11.5. The molecule has 0 saturated heterocycles. The quantitative estimate of drug-likeness (QED) is 0.534. The third-order valence-corrected chi connectivity index (χ3v) is 5.93. The first-order valence-corrected chi connectivity index (χ1v) is 10.6. The Balaban J connectivity index is 2.63. The summed E-state index contributed by atoms with van der Waals surface area (Å²) in [6.45, 7) is 7.00. The molecule has 9 heteroatoms. The maximum absolute atomic E-state index is 13.1. The molecule has 0 unspecified atom stereocenters. The Bertz CT molecular complexity index is 1020. The number of benzene rings is 1. The smallest absolute Gasteiger partial charge is 0.312 e. The first-order valence-electron chi connectivity index (χ1n) is 8.33. The summed E-state index contributed by atoms with van der Waals surface area (Å²) in [6, 6.07) is 1.43. The van der Waals surface area contributed by atoms with Crippen molar-refractivity contribution in [3.8, 4) is 5.88 Å². The van der Waals surface area contributed by atoms with Gasteiger partial charge in [0.05, 0.1) is 16.1 Å². The van der Waals surface area contributed by atoms with E-state index in [1.807, 2.05) is 0 Å². The van der Waals surface area contributed by atoms with Crippen LogP contribution in [0.4, 0.5) is 0 Å². The van der Waals surface area contributed by atoms with E-state index < -0.39 is 21.6 Å². The number of aryl methyl sites for hydroxylation is 2. The second-order valence-electron chi connectivity index (χ2n) is 6.12. The summed E-state index contributed by atoms with van der Waals surface area (Å²) < 4.78 is 30.7. The number of ketones is 1. The molecule has 0 radical (unpaired) electrons. The minimum absolute atomic E-state index is 0.0445.